The number of benzene rings is 1. The van der Waals surface area contributed by atoms with Crippen LogP contribution in [0.15, 0.2) is 55.0 Å². The van der Waals surface area contributed by atoms with E-state index in [1.807, 2.05) is 69.8 Å². The zero-order valence-electron chi connectivity index (χ0n) is 19.0. The first-order valence-electron chi connectivity index (χ1n) is 10.7. The second-order valence-corrected chi connectivity index (χ2v) is 8.06. The second kappa shape index (κ2) is 8.39. The first-order chi connectivity index (χ1) is 16.4. The highest BCUT2D eigenvalue weighted by Crippen LogP contribution is 2.31. The summed E-state index contributed by atoms with van der Waals surface area (Å²) in [5, 5.41) is 12.6. The van der Waals surface area contributed by atoms with E-state index in [0.717, 1.165) is 27.7 Å². The molecule has 1 aromatic carbocycles. The van der Waals surface area contributed by atoms with Gasteiger partial charge in [0.2, 0.25) is 0 Å². The number of nitrogens with one attached hydrogen (secondary N) is 1. The van der Waals surface area contributed by atoms with Crippen LogP contribution >= 0.6 is 0 Å². The Morgan fingerprint density at radius 2 is 1.91 bits per heavy atom. The van der Waals surface area contributed by atoms with Crippen LogP contribution in [-0.4, -0.2) is 40.4 Å². The molecule has 10 heteroatoms. The van der Waals surface area contributed by atoms with Crippen LogP contribution in [0.1, 0.15) is 21.7 Å². The number of nitrogens with two attached hydrogens (primary N) is 1. The third-order valence-electron chi connectivity index (χ3n) is 5.50. The predicted octanol–water partition coefficient (Wildman–Crippen LogP) is 2.65. The van der Waals surface area contributed by atoms with Crippen LogP contribution in [0, 0.1) is 6.92 Å². The second-order valence-electron chi connectivity index (χ2n) is 8.06. The van der Waals surface area contributed by atoms with Crippen molar-refractivity contribution in [3.05, 3.63) is 71.9 Å². The number of hydrogen-bond donors (Lipinski definition) is 2. The Morgan fingerprint density at radius 1 is 1.06 bits per heavy atom. The third kappa shape index (κ3) is 3.96. The minimum Gasteiger partial charge on any atom is -0.382 e. The van der Waals surface area contributed by atoms with E-state index in [4.69, 9.17) is 5.73 Å². The van der Waals surface area contributed by atoms with Crippen molar-refractivity contribution < 1.29 is 4.79 Å². The zero-order chi connectivity index (χ0) is 23.8. The molecule has 0 aliphatic rings. The van der Waals surface area contributed by atoms with Crippen molar-refractivity contribution in [1.29, 1.82) is 0 Å². The molecule has 0 atom stereocenters. The summed E-state index contributed by atoms with van der Waals surface area (Å²) < 4.78 is 3.39. The number of carbonyl (C=O) groups excluding carboxylic acids is 1. The summed E-state index contributed by atoms with van der Waals surface area (Å²) in [6, 6.07) is 11.5. The first kappa shape index (κ1) is 21.3. The number of rotatable bonds is 5. The number of pyridine rings is 1. The van der Waals surface area contributed by atoms with Crippen LogP contribution < -0.4 is 11.1 Å². The average Bonchev–Trinajstić information content (AvgIpc) is 3.40. The molecular weight excluding hydrogens is 430 g/mol. The van der Waals surface area contributed by atoms with Gasteiger partial charge in [0.05, 0.1) is 23.4 Å². The number of nitrogen functional groups attached to an aromatic ring is 1. The number of hydrogen-bond acceptors (Lipinski definition) is 7. The van der Waals surface area contributed by atoms with Crippen molar-refractivity contribution in [2.24, 2.45) is 14.1 Å². The Kier molecular flexibility index (Phi) is 5.25. The maximum absolute atomic E-state index is 13.0. The van der Waals surface area contributed by atoms with Gasteiger partial charge in [0, 0.05) is 43.6 Å². The molecule has 0 fully saturated rings. The van der Waals surface area contributed by atoms with Crippen LogP contribution in [0.2, 0.25) is 0 Å². The fourth-order valence-corrected chi connectivity index (χ4v) is 3.84. The van der Waals surface area contributed by atoms with Gasteiger partial charge < -0.3 is 11.1 Å². The first-order valence-corrected chi connectivity index (χ1v) is 10.7. The highest BCUT2D eigenvalue weighted by Gasteiger charge is 2.21. The van der Waals surface area contributed by atoms with Gasteiger partial charge in [-0.15, -0.1) is 0 Å². The van der Waals surface area contributed by atoms with E-state index in [1.54, 1.807) is 15.6 Å². The lowest BCUT2D eigenvalue weighted by molar-refractivity contribution is 0.0946. The summed E-state index contributed by atoms with van der Waals surface area (Å²) >= 11 is 0. The summed E-state index contributed by atoms with van der Waals surface area (Å²) in [6.45, 7) is 2.20. The van der Waals surface area contributed by atoms with Gasteiger partial charge in [-0.05, 0) is 36.8 Å². The van der Waals surface area contributed by atoms with E-state index in [9.17, 15) is 4.79 Å². The van der Waals surface area contributed by atoms with Gasteiger partial charge in [-0.25, -0.2) is 9.97 Å². The molecule has 4 aromatic heterocycles. The number of aromatic nitrogens is 7. The highest BCUT2D eigenvalue weighted by atomic mass is 16.1. The Labute approximate surface area is 195 Å². The number of carbonyl (C=O) groups is 1. The summed E-state index contributed by atoms with van der Waals surface area (Å²) in [4.78, 5) is 26.7. The van der Waals surface area contributed by atoms with Gasteiger partial charge in [0.25, 0.3) is 5.91 Å². The molecule has 5 rings (SSSR count). The van der Waals surface area contributed by atoms with Crippen molar-refractivity contribution in [2.75, 3.05) is 5.73 Å². The number of aryl methyl sites for hydroxylation is 3. The van der Waals surface area contributed by atoms with Gasteiger partial charge in [-0.2, -0.15) is 10.2 Å². The summed E-state index contributed by atoms with van der Waals surface area (Å²) in [6.07, 6.45) is 5.46. The smallest absolute Gasteiger partial charge is 0.274 e. The minimum absolute atomic E-state index is 0.0297. The number of amides is 1. The van der Waals surface area contributed by atoms with Gasteiger partial charge in [-0.3, -0.25) is 19.1 Å². The standard InChI is InChI=1S/C24H23N9O/c1-14-13-33(3)31-19(14)12-27-24(34)22-23(25)29-21(18-8-10-32(2)30-18)20(28-22)16-6-7-17-15(11-16)5-4-9-26-17/h4-11,13H,12H2,1-3H3,(H2,25,29)(H,27,34). The van der Waals surface area contributed by atoms with E-state index >= 15 is 0 Å². The van der Waals surface area contributed by atoms with Crippen LogP contribution in [0.25, 0.3) is 33.5 Å². The summed E-state index contributed by atoms with van der Waals surface area (Å²) in [5.41, 5.74) is 11.3. The van der Waals surface area contributed by atoms with Gasteiger partial charge >= 0.3 is 0 Å². The number of fused-ring (bicyclic) bond motifs is 1. The van der Waals surface area contributed by atoms with E-state index in [1.165, 1.54) is 0 Å². The molecule has 0 unspecified atom stereocenters. The lowest BCUT2D eigenvalue weighted by atomic mass is 10.0. The molecule has 0 saturated carbocycles. The molecule has 0 spiro atoms. The monoisotopic (exact) mass is 453 g/mol. The Hall–Kier alpha value is -4.60. The molecule has 0 aliphatic carbocycles. The quantitative estimate of drug-likeness (QED) is 0.418. The topological polar surface area (TPSA) is 129 Å². The van der Waals surface area contributed by atoms with E-state index in [0.29, 0.717) is 17.1 Å². The number of nitrogens with zero attached hydrogens (tertiary/aromatic N) is 7. The lowest BCUT2D eigenvalue weighted by Gasteiger charge is -2.12. The largest absolute Gasteiger partial charge is 0.382 e. The fraction of sp³-hybridized carbons (Fsp3) is 0.167. The molecule has 4 heterocycles. The predicted molar refractivity (Wildman–Crippen MR) is 128 cm³/mol. The van der Waals surface area contributed by atoms with Gasteiger partial charge in [0.1, 0.15) is 11.4 Å². The zero-order valence-corrected chi connectivity index (χ0v) is 19.0. The molecule has 10 nitrogen and oxygen atoms in total. The van der Waals surface area contributed by atoms with Crippen LogP contribution in [-0.2, 0) is 20.6 Å². The number of anilines is 1. The van der Waals surface area contributed by atoms with Gasteiger partial charge in [-0.1, -0.05) is 12.1 Å². The minimum atomic E-state index is -0.425. The normalized spacial score (nSPS) is 11.1. The Morgan fingerprint density at radius 3 is 2.65 bits per heavy atom. The molecule has 0 bridgehead atoms. The van der Waals surface area contributed by atoms with E-state index in [-0.39, 0.29) is 18.1 Å². The molecule has 0 saturated heterocycles. The van der Waals surface area contributed by atoms with Crippen LogP contribution in [0.4, 0.5) is 5.82 Å². The highest BCUT2D eigenvalue weighted by molar-refractivity contribution is 5.98. The van der Waals surface area contributed by atoms with Crippen molar-refractivity contribution in [3.8, 4) is 22.6 Å². The van der Waals surface area contributed by atoms with Crippen LogP contribution in [0.3, 0.4) is 0 Å². The fourth-order valence-electron chi connectivity index (χ4n) is 3.84. The van der Waals surface area contributed by atoms with Crippen molar-refractivity contribution in [2.45, 2.75) is 13.5 Å². The van der Waals surface area contributed by atoms with E-state index in [2.05, 4.69) is 30.5 Å². The molecule has 1 amide bonds. The SMILES string of the molecule is Cc1cn(C)nc1CNC(=O)c1nc(-c2ccc3ncccc3c2)c(-c2ccn(C)n2)nc1N. The van der Waals surface area contributed by atoms with Crippen molar-refractivity contribution in [3.63, 3.8) is 0 Å². The van der Waals surface area contributed by atoms with E-state index < -0.39 is 5.91 Å². The lowest BCUT2D eigenvalue weighted by Crippen LogP contribution is -2.26. The summed E-state index contributed by atoms with van der Waals surface area (Å²) in [7, 11) is 3.66. The molecule has 34 heavy (non-hydrogen) atoms. The van der Waals surface area contributed by atoms with Gasteiger partial charge in [0.15, 0.2) is 11.5 Å². The third-order valence-corrected chi connectivity index (χ3v) is 5.50. The maximum atomic E-state index is 13.0. The van der Waals surface area contributed by atoms with Crippen LogP contribution in [0.5, 0.6) is 0 Å². The molecule has 0 aliphatic heterocycles. The molecule has 170 valence electrons. The Balaban J connectivity index is 1.58. The van der Waals surface area contributed by atoms with Crippen molar-refractivity contribution >= 4 is 22.6 Å². The maximum Gasteiger partial charge on any atom is 0.274 e. The van der Waals surface area contributed by atoms with Crippen molar-refractivity contribution in [1.82, 2.24) is 39.8 Å². The molecule has 0 radical (unpaired) electrons. The average molecular weight is 454 g/mol. The molecule has 3 N–H and O–H groups in total. The molecular formula is C24H23N9O. The Bertz CT molecular complexity index is 1530. The molecule has 5 aromatic rings. The summed E-state index contributed by atoms with van der Waals surface area (Å²) in [5.74, 6) is -0.395.